The van der Waals surface area contributed by atoms with Gasteiger partial charge in [0.1, 0.15) is 11.3 Å². The summed E-state index contributed by atoms with van der Waals surface area (Å²) >= 11 is 4.89. The summed E-state index contributed by atoms with van der Waals surface area (Å²) in [4.78, 5) is 13.5. The molecule has 2 aromatic carbocycles. The Kier molecular flexibility index (Phi) is 5.09. The largest absolute Gasteiger partial charge is 0.507 e. The van der Waals surface area contributed by atoms with Crippen LogP contribution in [-0.4, -0.2) is 17.7 Å². The van der Waals surface area contributed by atoms with E-state index in [0.717, 1.165) is 14.3 Å². The van der Waals surface area contributed by atoms with Crippen LogP contribution in [0.2, 0.25) is 0 Å². The molecule has 0 fully saturated rings. The predicted octanol–water partition coefficient (Wildman–Crippen LogP) is 4.48. The number of hydrogen-bond donors (Lipinski definition) is 1. The second-order valence-electron chi connectivity index (χ2n) is 3.96. The smallest absolute Gasteiger partial charge is 0.341 e. The molecule has 2 rings (SSSR count). The van der Waals surface area contributed by atoms with Gasteiger partial charge in [0.2, 0.25) is 0 Å². The van der Waals surface area contributed by atoms with Crippen LogP contribution < -0.4 is 0 Å². The first kappa shape index (κ1) is 14.9. The minimum absolute atomic E-state index is 0.0643. The average Bonchev–Trinajstić information content (AvgIpc) is 2.42. The molecule has 0 aliphatic carbocycles. The number of carbonyl (C=O) groups is 1. The number of rotatable bonds is 4. The topological polar surface area (TPSA) is 46.5 Å². The normalized spacial score (nSPS) is 10.3. The van der Waals surface area contributed by atoms with Crippen molar-refractivity contribution >= 4 is 33.7 Å². The summed E-state index contributed by atoms with van der Waals surface area (Å²) in [6, 6.07) is 12.8. The fourth-order valence-corrected chi connectivity index (χ4v) is 2.71. The number of carbonyl (C=O) groups excluding carboxylic acids is 1. The molecule has 0 saturated heterocycles. The maximum absolute atomic E-state index is 11.6. The summed E-state index contributed by atoms with van der Waals surface area (Å²) in [6.45, 7) is 2.01. The van der Waals surface area contributed by atoms with Crippen molar-refractivity contribution in [2.75, 3.05) is 6.61 Å². The monoisotopic (exact) mass is 352 g/mol. The van der Waals surface area contributed by atoms with Crippen LogP contribution in [0, 0.1) is 0 Å². The van der Waals surface area contributed by atoms with E-state index >= 15 is 0 Å². The van der Waals surface area contributed by atoms with Crippen molar-refractivity contribution in [2.45, 2.75) is 16.7 Å². The second kappa shape index (κ2) is 6.81. The molecular weight excluding hydrogens is 340 g/mol. The van der Waals surface area contributed by atoms with Crippen molar-refractivity contribution in [2.24, 2.45) is 0 Å². The molecule has 0 saturated carbocycles. The lowest BCUT2D eigenvalue weighted by Crippen LogP contribution is -2.04. The fraction of sp³-hybridized carbons (Fsp3) is 0.133. The number of phenolic OH excluding ortho intramolecular Hbond substituents is 1. The van der Waals surface area contributed by atoms with Gasteiger partial charge in [0.05, 0.1) is 6.61 Å². The third-order valence-corrected chi connectivity index (χ3v) is 4.04. The number of esters is 1. The molecule has 0 spiro atoms. The van der Waals surface area contributed by atoms with E-state index in [-0.39, 0.29) is 17.9 Å². The Morgan fingerprint density at radius 3 is 2.45 bits per heavy atom. The molecule has 20 heavy (non-hydrogen) atoms. The van der Waals surface area contributed by atoms with E-state index in [1.165, 1.54) is 11.8 Å². The highest BCUT2D eigenvalue weighted by Gasteiger charge is 2.12. The first-order chi connectivity index (χ1) is 9.60. The molecule has 3 nitrogen and oxygen atoms in total. The summed E-state index contributed by atoms with van der Waals surface area (Å²) in [6.07, 6.45) is 0. The van der Waals surface area contributed by atoms with Crippen molar-refractivity contribution < 1.29 is 14.6 Å². The Labute approximate surface area is 130 Å². The highest BCUT2D eigenvalue weighted by atomic mass is 79.9. The lowest BCUT2D eigenvalue weighted by Gasteiger charge is -2.07. The molecule has 0 aromatic heterocycles. The van der Waals surface area contributed by atoms with Crippen molar-refractivity contribution in [3.8, 4) is 5.75 Å². The summed E-state index contributed by atoms with van der Waals surface area (Å²) in [5.74, 6) is -0.573. The minimum atomic E-state index is -0.509. The molecule has 0 amide bonds. The number of benzene rings is 2. The van der Waals surface area contributed by atoms with Gasteiger partial charge < -0.3 is 9.84 Å². The van der Waals surface area contributed by atoms with Gasteiger partial charge in [-0.1, -0.05) is 27.7 Å². The SMILES string of the molecule is CCOC(=O)c1ccc(Sc2ccc(Br)cc2)cc1O. The van der Waals surface area contributed by atoms with Gasteiger partial charge in [-0.2, -0.15) is 0 Å². The van der Waals surface area contributed by atoms with Crippen LogP contribution in [0.4, 0.5) is 0 Å². The van der Waals surface area contributed by atoms with Crippen molar-refractivity contribution in [3.05, 3.63) is 52.5 Å². The molecule has 104 valence electrons. The molecule has 5 heteroatoms. The summed E-state index contributed by atoms with van der Waals surface area (Å²) in [5.41, 5.74) is 0.187. The van der Waals surface area contributed by atoms with Crippen molar-refractivity contribution in [1.29, 1.82) is 0 Å². The lowest BCUT2D eigenvalue weighted by molar-refractivity contribution is 0.0523. The fourth-order valence-electron chi connectivity index (χ4n) is 1.60. The molecule has 0 heterocycles. The van der Waals surface area contributed by atoms with Crippen LogP contribution in [0.15, 0.2) is 56.7 Å². The zero-order valence-corrected chi connectivity index (χ0v) is 13.2. The molecule has 0 atom stereocenters. The van der Waals surface area contributed by atoms with Crippen LogP contribution >= 0.6 is 27.7 Å². The minimum Gasteiger partial charge on any atom is -0.507 e. The molecule has 0 aliphatic heterocycles. The number of aromatic hydroxyl groups is 1. The van der Waals surface area contributed by atoms with Crippen LogP contribution in [0.25, 0.3) is 0 Å². The summed E-state index contributed by atoms with van der Waals surface area (Å²) in [7, 11) is 0. The summed E-state index contributed by atoms with van der Waals surface area (Å²) < 4.78 is 5.89. The van der Waals surface area contributed by atoms with Gasteiger partial charge in [0.15, 0.2) is 0 Å². The quantitative estimate of drug-likeness (QED) is 0.823. The highest BCUT2D eigenvalue weighted by molar-refractivity contribution is 9.10. The van der Waals surface area contributed by atoms with Gasteiger partial charge in [0.25, 0.3) is 0 Å². The standard InChI is InChI=1S/C15H13BrO3S/c1-2-19-15(18)13-8-7-12(9-14(13)17)20-11-5-3-10(16)4-6-11/h3-9,17H,2H2,1H3. The van der Waals surface area contributed by atoms with Crippen molar-refractivity contribution in [1.82, 2.24) is 0 Å². The van der Waals surface area contributed by atoms with Gasteiger partial charge in [-0.25, -0.2) is 4.79 Å². The molecule has 0 bridgehead atoms. The maximum atomic E-state index is 11.6. The van der Waals surface area contributed by atoms with E-state index in [1.807, 2.05) is 24.3 Å². The Balaban J connectivity index is 2.16. The third-order valence-electron chi connectivity index (χ3n) is 2.51. The van der Waals surface area contributed by atoms with Crippen LogP contribution in [-0.2, 0) is 4.74 Å². The molecule has 0 unspecified atom stereocenters. The summed E-state index contributed by atoms with van der Waals surface area (Å²) in [5, 5.41) is 9.89. The van der Waals surface area contributed by atoms with Crippen molar-refractivity contribution in [3.63, 3.8) is 0 Å². The zero-order valence-electron chi connectivity index (χ0n) is 10.8. The van der Waals surface area contributed by atoms with Crippen LogP contribution in [0.1, 0.15) is 17.3 Å². The first-order valence-corrected chi connectivity index (χ1v) is 7.64. The first-order valence-electron chi connectivity index (χ1n) is 6.03. The number of ether oxygens (including phenoxy) is 1. The Morgan fingerprint density at radius 2 is 1.85 bits per heavy atom. The molecule has 0 aliphatic rings. The average molecular weight is 353 g/mol. The van der Waals surface area contributed by atoms with Gasteiger partial charge in [0, 0.05) is 14.3 Å². The predicted molar refractivity (Wildman–Crippen MR) is 82.3 cm³/mol. The van der Waals surface area contributed by atoms with Crippen LogP contribution in [0.3, 0.4) is 0 Å². The van der Waals surface area contributed by atoms with E-state index in [2.05, 4.69) is 15.9 Å². The van der Waals surface area contributed by atoms with Gasteiger partial charge in [-0.15, -0.1) is 0 Å². The zero-order chi connectivity index (χ0) is 14.5. The molecule has 2 aromatic rings. The third kappa shape index (κ3) is 3.77. The lowest BCUT2D eigenvalue weighted by atomic mass is 10.2. The number of hydrogen-bond acceptors (Lipinski definition) is 4. The number of phenols is 1. The maximum Gasteiger partial charge on any atom is 0.341 e. The van der Waals surface area contributed by atoms with E-state index in [4.69, 9.17) is 4.74 Å². The van der Waals surface area contributed by atoms with E-state index in [9.17, 15) is 9.90 Å². The Hall–Kier alpha value is -1.46. The van der Waals surface area contributed by atoms with E-state index < -0.39 is 5.97 Å². The van der Waals surface area contributed by atoms with E-state index in [1.54, 1.807) is 25.1 Å². The molecular formula is C15H13BrO3S. The number of halogens is 1. The molecule has 0 radical (unpaired) electrons. The highest BCUT2D eigenvalue weighted by Crippen LogP contribution is 2.32. The molecule has 1 N–H and O–H groups in total. The second-order valence-corrected chi connectivity index (χ2v) is 6.02. The van der Waals surface area contributed by atoms with Crippen LogP contribution in [0.5, 0.6) is 5.75 Å². The van der Waals surface area contributed by atoms with Gasteiger partial charge >= 0.3 is 5.97 Å². The Morgan fingerprint density at radius 1 is 1.20 bits per heavy atom. The van der Waals surface area contributed by atoms with E-state index in [0.29, 0.717) is 0 Å². The van der Waals surface area contributed by atoms with Gasteiger partial charge in [-0.05, 0) is 49.4 Å². The Bertz CT molecular complexity index is 611. The van der Waals surface area contributed by atoms with Gasteiger partial charge in [-0.3, -0.25) is 0 Å².